The second kappa shape index (κ2) is 23.1. The third-order valence-electron chi connectivity index (χ3n) is 9.71. The van der Waals surface area contributed by atoms with Gasteiger partial charge in [0.1, 0.15) is 88.2 Å². The highest BCUT2D eigenvalue weighted by Crippen LogP contribution is 2.40. The van der Waals surface area contributed by atoms with Crippen molar-refractivity contribution >= 4 is 77.8 Å². The van der Waals surface area contributed by atoms with E-state index in [9.17, 15) is 27.0 Å². The van der Waals surface area contributed by atoms with Crippen molar-refractivity contribution in [2.45, 2.75) is 12.2 Å². The number of rotatable bonds is 20. The Bertz CT molecular complexity index is 3130. The van der Waals surface area contributed by atoms with Gasteiger partial charge in [0.2, 0.25) is 43.7 Å². The number of ether oxygens (including phenoxy) is 6. The number of methoxy groups -OCH3 is 6. The van der Waals surface area contributed by atoms with Crippen molar-refractivity contribution in [2.75, 3.05) is 63.6 Å². The lowest BCUT2D eigenvalue weighted by atomic mass is 10.2. The molecule has 0 amide bonds. The molecular formula is C42H42Cl2N12O12S4. The van der Waals surface area contributed by atoms with Crippen molar-refractivity contribution in [1.29, 1.82) is 0 Å². The number of hydrogen-bond donors (Lipinski definition) is 4. The first-order chi connectivity index (χ1) is 34.5. The van der Waals surface area contributed by atoms with E-state index in [1.807, 2.05) is 0 Å². The molecule has 6 aromatic heterocycles. The minimum absolute atomic E-state index is 0.166. The maximum atomic E-state index is 13.0. The number of hydrogen-bond acceptors (Lipinski definition) is 22. The second-order valence-electron chi connectivity index (χ2n) is 14.3. The molecule has 0 saturated carbocycles. The molecular weight excluding hydrogens is 1060 g/mol. The Labute approximate surface area is 429 Å². The molecule has 24 nitrogen and oxygen atoms in total. The summed E-state index contributed by atoms with van der Waals surface area (Å²) in [6, 6.07) is 20.2. The van der Waals surface area contributed by atoms with Crippen LogP contribution in [0, 0.1) is 0 Å². The van der Waals surface area contributed by atoms with E-state index >= 15 is 0 Å². The lowest BCUT2D eigenvalue weighted by molar-refractivity contribution is 0.201. The molecule has 0 aliphatic rings. The van der Waals surface area contributed by atoms with Gasteiger partial charge in [0.25, 0.3) is 0 Å². The van der Waals surface area contributed by atoms with E-state index in [4.69, 9.17) is 51.6 Å². The minimum atomic E-state index is -4.15. The van der Waals surface area contributed by atoms with Gasteiger partial charge in [-0.05, 0) is 36.4 Å². The number of sulfonamides is 2. The van der Waals surface area contributed by atoms with Crippen LogP contribution >= 0.6 is 45.9 Å². The molecule has 0 bridgehead atoms. The highest BCUT2D eigenvalue weighted by molar-refractivity contribution is 7.93. The Balaban J connectivity index is 0.000000211. The van der Waals surface area contributed by atoms with E-state index in [1.165, 1.54) is 64.2 Å². The number of nitrogens with one attached hydrogen (secondary N) is 2. The van der Waals surface area contributed by atoms with Gasteiger partial charge in [0.05, 0.1) is 55.1 Å². The molecule has 6 heterocycles. The predicted molar refractivity (Wildman–Crippen MR) is 267 cm³/mol. The summed E-state index contributed by atoms with van der Waals surface area (Å²) in [7, 11) is 0.499. The van der Waals surface area contributed by atoms with E-state index in [1.54, 1.807) is 72.8 Å². The SMILES string of the molecule is COc1cccc(-c2nnc(NS(=O)(=O)C[C@@H](O)c3ncc(Cl)s3)n2-c2c(OC)cccc2OC)n1.COc1cccc(-c2nnc(NS(=O)(=O)C[C@H](O)c3ncc(Cl)s3)n2-c2c(OC)cccc2OC)n1. The van der Waals surface area contributed by atoms with E-state index < -0.39 is 43.8 Å². The van der Waals surface area contributed by atoms with E-state index in [-0.39, 0.29) is 33.6 Å². The van der Waals surface area contributed by atoms with Gasteiger partial charge in [-0.1, -0.05) is 47.5 Å². The monoisotopic (exact) mass is 1100 g/mol. The Morgan fingerprint density at radius 2 is 0.889 bits per heavy atom. The van der Waals surface area contributed by atoms with Gasteiger partial charge in [-0.2, -0.15) is 0 Å². The van der Waals surface area contributed by atoms with Crippen molar-refractivity contribution in [3.05, 3.63) is 104 Å². The Kier molecular flexibility index (Phi) is 17.0. The summed E-state index contributed by atoms with van der Waals surface area (Å²) in [6.45, 7) is 0. The normalized spacial score (nSPS) is 12.2. The van der Waals surface area contributed by atoms with Crippen molar-refractivity contribution in [1.82, 2.24) is 49.5 Å². The molecule has 0 saturated heterocycles. The Morgan fingerprint density at radius 1 is 0.542 bits per heavy atom. The Morgan fingerprint density at radius 3 is 1.19 bits per heavy atom. The van der Waals surface area contributed by atoms with Crippen LogP contribution in [0.4, 0.5) is 11.9 Å². The quantitative estimate of drug-likeness (QED) is 0.0692. The van der Waals surface area contributed by atoms with Gasteiger partial charge in [-0.3, -0.25) is 18.6 Å². The van der Waals surface area contributed by atoms with Gasteiger partial charge in [-0.25, -0.2) is 36.8 Å². The molecule has 8 rings (SSSR count). The average molecular weight is 1110 g/mol. The van der Waals surface area contributed by atoms with Crippen LogP contribution in [-0.2, 0) is 20.0 Å². The van der Waals surface area contributed by atoms with Gasteiger partial charge in [0.15, 0.2) is 11.6 Å². The molecule has 0 spiro atoms. The number of benzene rings is 2. The van der Waals surface area contributed by atoms with E-state index in [2.05, 4.69) is 49.8 Å². The predicted octanol–water partition coefficient (Wildman–Crippen LogP) is 5.88. The number of thiazole rings is 2. The number of aliphatic hydroxyl groups is 2. The molecule has 380 valence electrons. The summed E-state index contributed by atoms with van der Waals surface area (Å²) in [4.78, 5) is 16.7. The zero-order chi connectivity index (χ0) is 51.7. The maximum absolute atomic E-state index is 13.0. The molecule has 0 aliphatic carbocycles. The minimum Gasteiger partial charge on any atom is -0.494 e. The van der Waals surface area contributed by atoms with E-state index in [0.29, 0.717) is 66.2 Å². The van der Waals surface area contributed by atoms with Crippen LogP contribution in [0.15, 0.2) is 85.2 Å². The first kappa shape index (κ1) is 52.9. The highest BCUT2D eigenvalue weighted by Gasteiger charge is 2.30. The summed E-state index contributed by atoms with van der Waals surface area (Å²) in [5.41, 5.74) is 1.35. The first-order valence-electron chi connectivity index (χ1n) is 20.5. The molecule has 2 aromatic carbocycles. The fraction of sp³-hybridized carbons (Fsp3) is 0.238. The molecule has 72 heavy (non-hydrogen) atoms. The third-order valence-corrected chi connectivity index (χ3v) is 14.6. The summed E-state index contributed by atoms with van der Waals surface area (Å²) in [6.07, 6.45) is -0.139. The Hall–Kier alpha value is -6.92. The van der Waals surface area contributed by atoms with Crippen LogP contribution in [0.2, 0.25) is 8.67 Å². The number of para-hydroxylation sites is 2. The third kappa shape index (κ3) is 12.2. The number of nitrogens with zero attached hydrogens (tertiary/aromatic N) is 10. The summed E-state index contributed by atoms with van der Waals surface area (Å²) >= 11 is 13.7. The molecule has 2 atom stereocenters. The molecule has 0 fully saturated rings. The fourth-order valence-electron chi connectivity index (χ4n) is 6.63. The largest absolute Gasteiger partial charge is 0.494 e. The average Bonchev–Trinajstić information content (AvgIpc) is 4.20. The highest BCUT2D eigenvalue weighted by atomic mass is 35.5. The topological polar surface area (TPSA) is 301 Å². The van der Waals surface area contributed by atoms with E-state index in [0.717, 1.165) is 22.7 Å². The maximum Gasteiger partial charge on any atom is 0.243 e. The molecule has 0 unspecified atom stereocenters. The summed E-state index contributed by atoms with van der Waals surface area (Å²) in [5, 5.41) is 37.6. The summed E-state index contributed by atoms with van der Waals surface area (Å²) < 4.78 is 92.8. The van der Waals surface area contributed by atoms with Gasteiger partial charge >= 0.3 is 0 Å². The van der Waals surface area contributed by atoms with Crippen LogP contribution in [0.1, 0.15) is 22.2 Å². The molecule has 30 heteroatoms. The molecule has 0 aliphatic heterocycles. The number of aliphatic hydroxyl groups excluding tert-OH is 2. The second-order valence-corrected chi connectivity index (χ2v) is 21.2. The van der Waals surface area contributed by atoms with Crippen molar-refractivity contribution in [3.63, 3.8) is 0 Å². The van der Waals surface area contributed by atoms with Crippen molar-refractivity contribution in [2.24, 2.45) is 0 Å². The molecule has 8 aromatic rings. The van der Waals surface area contributed by atoms with Crippen LogP contribution in [0.25, 0.3) is 34.4 Å². The standard InChI is InChI=1S/2C21H21ClN6O6S2/c2*1-32-14-7-5-8-15(33-2)18(14)28-19(12-6-4-9-17(24-12)34-3)25-26-21(28)27-36(30,31)11-13(29)20-23-10-16(22)35-20/h2*4-10,13,29H,11H2,1-3H3,(H,26,27)/t2*13-/m10/s1. The lowest BCUT2D eigenvalue weighted by Crippen LogP contribution is -2.23. The summed E-state index contributed by atoms with van der Waals surface area (Å²) in [5.74, 6) is 0.688. The number of halogens is 2. The van der Waals surface area contributed by atoms with Crippen molar-refractivity contribution < 1.29 is 55.5 Å². The zero-order valence-electron chi connectivity index (χ0n) is 38.5. The van der Waals surface area contributed by atoms with Gasteiger partial charge in [0, 0.05) is 12.1 Å². The number of anilines is 2. The number of pyridine rings is 2. The van der Waals surface area contributed by atoms with Crippen LogP contribution < -0.4 is 37.9 Å². The smallest absolute Gasteiger partial charge is 0.243 e. The van der Waals surface area contributed by atoms with Crippen LogP contribution in [-0.4, -0.2) is 131 Å². The van der Waals surface area contributed by atoms with Crippen LogP contribution in [0.5, 0.6) is 34.8 Å². The van der Waals surface area contributed by atoms with Gasteiger partial charge < -0.3 is 38.6 Å². The van der Waals surface area contributed by atoms with Gasteiger partial charge in [-0.15, -0.1) is 43.1 Å². The molecule has 4 N–H and O–H groups in total. The molecule has 0 radical (unpaired) electrons. The zero-order valence-corrected chi connectivity index (χ0v) is 43.3. The van der Waals surface area contributed by atoms with Crippen molar-refractivity contribution in [3.8, 4) is 69.2 Å². The van der Waals surface area contributed by atoms with Crippen LogP contribution in [0.3, 0.4) is 0 Å². The fourth-order valence-corrected chi connectivity index (χ4v) is 10.8. The first-order valence-corrected chi connectivity index (χ1v) is 26.2. The lowest BCUT2D eigenvalue weighted by Gasteiger charge is -2.18. The number of aromatic nitrogens is 10.